The average molecular weight is 248 g/mol. The van der Waals surface area contributed by atoms with E-state index < -0.39 is 0 Å². The van der Waals surface area contributed by atoms with Gasteiger partial charge in [0.15, 0.2) is 0 Å². The molecule has 0 fully saturated rings. The van der Waals surface area contributed by atoms with Crippen LogP contribution in [0.25, 0.3) is 10.9 Å². The van der Waals surface area contributed by atoms with E-state index in [1.54, 1.807) is 11.8 Å². The number of H-pyrrole nitrogens is 1. The van der Waals surface area contributed by atoms with Gasteiger partial charge in [-0.25, -0.2) is 0 Å². The van der Waals surface area contributed by atoms with Crippen molar-refractivity contribution in [1.29, 1.82) is 0 Å². The number of amides is 1. The first-order valence-corrected chi connectivity index (χ1v) is 6.97. The molecule has 0 aliphatic heterocycles. The first-order valence-electron chi connectivity index (χ1n) is 5.57. The van der Waals surface area contributed by atoms with Gasteiger partial charge in [0.05, 0.1) is 0 Å². The van der Waals surface area contributed by atoms with E-state index in [0.717, 1.165) is 22.3 Å². The third-order valence-electron chi connectivity index (χ3n) is 2.69. The number of aromatic nitrogens is 1. The van der Waals surface area contributed by atoms with Gasteiger partial charge in [-0.3, -0.25) is 4.79 Å². The number of thioether (sulfide) groups is 1. The Balaban J connectivity index is 2.09. The minimum atomic E-state index is 0.0342. The summed E-state index contributed by atoms with van der Waals surface area (Å²) in [6.07, 6.45) is 3.91. The smallest absolute Gasteiger partial charge is 0.228 e. The fraction of sp³-hybridized carbons (Fsp3) is 0.308. The molecule has 0 unspecified atom stereocenters. The molecule has 1 aromatic heterocycles. The fourth-order valence-electron chi connectivity index (χ4n) is 1.72. The number of aromatic amines is 1. The molecule has 3 nitrogen and oxygen atoms in total. The van der Waals surface area contributed by atoms with E-state index in [1.807, 2.05) is 43.6 Å². The van der Waals surface area contributed by atoms with E-state index in [4.69, 9.17) is 0 Å². The van der Waals surface area contributed by atoms with Crippen molar-refractivity contribution in [2.45, 2.75) is 6.92 Å². The van der Waals surface area contributed by atoms with E-state index in [9.17, 15) is 4.79 Å². The molecule has 0 saturated carbocycles. The Hall–Kier alpha value is -1.42. The Bertz CT molecular complexity index is 521. The van der Waals surface area contributed by atoms with Crippen LogP contribution in [0.5, 0.6) is 0 Å². The topological polar surface area (TPSA) is 44.9 Å². The quantitative estimate of drug-likeness (QED) is 0.873. The van der Waals surface area contributed by atoms with Crippen molar-refractivity contribution in [3.63, 3.8) is 0 Å². The zero-order valence-electron chi connectivity index (χ0n) is 9.99. The monoisotopic (exact) mass is 248 g/mol. The molecule has 1 amide bonds. The molecule has 0 aliphatic rings. The Kier molecular flexibility index (Phi) is 3.74. The van der Waals surface area contributed by atoms with Crippen LogP contribution in [0.4, 0.5) is 5.69 Å². The van der Waals surface area contributed by atoms with Crippen LogP contribution in [0.1, 0.15) is 6.92 Å². The van der Waals surface area contributed by atoms with Gasteiger partial charge in [-0.15, -0.1) is 0 Å². The maximum Gasteiger partial charge on any atom is 0.228 e. The highest BCUT2D eigenvalue weighted by Gasteiger charge is 2.12. The van der Waals surface area contributed by atoms with Crippen LogP contribution >= 0.6 is 11.8 Å². The van der Waals surface area contributed by atoms with Crippen LogP contribution in [0.2, 0.25) is 0 Å². The standard InChI is InChI=1S/C13H16N2OS/c1-9(8-17-2)13(16)15-11-3-4-12-10(7-11)5-6-14-12/h3-7,9,14H,8H2,1-2H3,(H,15,16)/t9-/m1/s1. The molecular weight excluding hydrogens is 232 g/mol. The van der Waals surface area contributed by atoms with Gasteiger partial charge in [-0.2, -0.15) is 11.8 Å². The first-order chi connectivity index (χ1) is 8.20. The Morgan fingerprint density at radius 1 is 1.47 bits per heavy atom. The minimum absolute atomic E-state index is 0.0342. The van der Waals surface area contributed by atoms with E-state index in [0.29, 0.717) is 0 Å². The molecule has 1 aromatic carbocycles. The predicted octanol–water partition coefficient (Wildman–Crippen LogP) is 3.11. The second kappa shape index (κ2) is 5.27. The van der Waals surface area contributed by atoms with Gasteiger partial charge in [0.1, 0.15) is 0 Å². The third-order valence-corrected chi connectivity index (χ3v) is 3.52. The molecule has 17 heavy (non-hydrogen) atoms. The highest BCUT2D eigenvalue weighted by atomic mass is 32.2. The lowest BCUT2D eigenvalue weighted by atomic mass is 10.2. The fourth-order valence-corrected chi connectivity index (χ4v) is 2.37. The lowest BCUT2D eigenvalue weighted by Crippen LogP contribution is -2.21. The van der Waals surface area contributed by atoms with Crippen LogP contribution in [0.15, 0.2) is 30.5 Å². The molecule has 0 bridgehead atoms. The molecule has 0 radical (unpaired) electrons. The summed E-state index contributed by atoms with van der Waals surface area (Å²) in [5, 5.41) is 4.05. The van der Waals surface area contributed by atoms with Gasteiger partial charge >= 0.3 is 0 Å². The van der Waals surface area contributed by atoms with Crippen molar-refractivity contribution < 1.29 is 4.79 Å². The number of carbonyl (C=O) groups excluding carboxylic acids is 1. The largest absolute Gasteiger partial charge is 0.361 e. The summed E-state index contributed by atoms with van der Waals surface area (Å²) in [6, 6.07) is 7.87. The van der Waals surface area contributed by atoms with Crippen LogP contribution in [-0.4, -0.2) is 22.9 Å². The average Bonchev–Trinajstić information content (AvgIpc) is 2.76. The molecular formula is C13H16N2OS. The van der Waals surface area contributed by atoms with Crippen LogP contribution in [0, 0.1) is 5.92 Å². The number of carbonyl (C=O) groups is 1. The van der Waals surface area contributed by atoms with Crippen molar-refractivity contribution in [3.05, 3.63) is 30.5 Å². The van der Waals surface area contributed by atoms with Gasteiger partial charge in [-0.1, -0.05) is 6.92 Å². The van der Waals surface area contributed by atoms with Crippen molar-refractivity contribution in [2.24, 2.45) is 5.92 Å². The SMILES string of the molecule is CSC[C@@H](C)C(=O)Nc1ccc2[nH]ccc2c1. The highest BCUT2D eigenvalue weighted by molar-refractivity contribution is 7.98. The molecule has 1 atom stereocenters. The number of nitrogens with one attached hydrogen (secondary N) is 2. The second-order valence-electron chi connectivity index (χ2n) is 4.13. The maximum atomic E-state index is 11.8. The summed E-state index contributed by atoms with van der Waals surface area (Å²) in [7, 11) is 0. The number of benzene rings is 1. The van der Waals surface area contributed by atoms with Gasteiger partial charge in [0.2, 0.25) is 5.91 Å². The summed E-state index contributed by atoms with van der Waals surface area (Å²) < 4.78 is 0. The van der Waals surface area contributed by atoms with Gasteiger partial charge in [-0.05, 0) is 30.5 Å². The second-order valence-corrected chi connectivity index (χ2v) is 5.04. The van der Waals surface area contributed by atoms with Crippen molar-refractivity contribution in [1.82, 2.24) is 4.98 Å². The molecule has 0 aliphatic carbocycles. The summed E-state index contributed by atoms with van der Waals surface area (Å²) in [5.41, 5.74) is 1.94. The highest BCUT2D eigenvalue weighted by Crippen LogP contribution is 2.18. The lowest BCUT2D eigenvalue weighted by Gasteiger charge is -2.10. The molecule has 4 heteroatoms. The third kappa shape index (κ3) is 2.82. The molecule has 2 rings (SSSR count). The molecule has 1 heterocycles. The van der Waals surface area contributed by atoms with Gasteiger partial charge in [0.25, 0.3) is 0 Å². The van der Waals surface area contributed by atoms with Crippen LogP contribution < -0.4 is 5.32 Å². The summed E-state index contributed by atoms with van der Waals surface area (Å²) in [5.74, 6) is 0.958. The molecule has 0 saturated heterocycles. The number of fused-ring (bicyclic) bond motifs is 1. The van der Waals surface area contributed by atoms with E-state index >= 15 is 0 Å². The van der Waals surface area contributed by atoms with Crippen LogP contribution in [0.3, 0.4) is 0 Å². The van der Waals surface area contributed by atoms with E-state index in [-0.39, 0.29) is 11.8 Å². The van der Waals surface area contributed by atoms with Crippen molar-refractivity contribution in [3.8, 4) is 0 Å². The van der Waals surface area contributed by atoms with E-state index in [2.05, 4.69) is 10.3 Å². The first kappa shape index (κ1) is 12.0. The predicted molar refractivity (Wildman–Crippen MR) is 74.5 cm³/mol. The zero-order valence-corrected chi connectivity index (χ0v) is 10.8. The molecule has 2 N–H and O–H groups in total. The van der Waals surface area contributed by atoms with Gasteiger partial charge in [0, 0.05) is 34.5 Å². The van der Waals surface area contributed by atoms with Crippen molar-refractivity contribution >= 4 is 34.3 Å². The Labute approximate surface area is 105 Å². The van der Waals surface area contributed by atoms with Crippen LogP contribution in [-0.2, 0) is 4.79 Å². The number of hydrogen-bond acceptors (Lipinski definition) is 2. The number of anilines is 1. The molecule has 2 aromatic rings. The summed E-state index contributed by atoms with van der Waals surface area (Å²) in [4.78, 5) is 15.0. The lowest BCUT2D eigenvalue weighted by molar-refractivity contribution is -0.118. The summed E-state index contributed by atoms with van der Waals surface area (Å²) in [6.45, 7) is 1.95. The van der Waals surface area contributed by atoms with E-state index in [1.165, 1.54) is 0 Å². The number of hydrogen-bond donors (Lipinski definition) is 2. The van der Waals surface area contributed by atoms with Gasteiger partial charge < -0.3 is 10.3 Å². The normalized spacial score (nSPS) is 12.6. The molecule has 90 valence electrons. The zero-order chi connectivity index (χ0) is 12.3. The summed E-state index contributed by atoms with van der Waals surface area (Å²) >= 11 is 1.69. The Morgan fingerprint density at radius 2 is 2.29 bits per heavy atom. The minimum Gasteiger partial charge on any atom is -0.361 e. The maximum absolute atomic E-state index is 11.8. The van der Waals surface area contributed by atoms with Crippen molar-refractivity contribution in [2.75, 3.05) is 17.3 Å². The molecule has 0 spiro atoms. The Morgan fingerprint density at radius 3 is 3.06 bits per heavy atom. The number of rotatable bonds is 4.